The van der Waals surface area contributed by atoms with Gasteiger partial charge in [0, 0.05) is 25.4 Å². The number of ether oxygens (including phenoxy) is 2. The first-order chi connectivity index (χ1) is 9.76. The molecule has 0 saturated carbocycles. The van der Waals surface area contributed by atoms with Gasteiger partial charge in [-0.1, -0.05) is 0 Å². The summed E-state index contributed by atoms with van der Waals surface area (Å²) in [5.74, 6) is -0.340. The van der Waals surface area contributed by atoms with Crippen LogP contribution in [0, 0.1) is 0 Å². The van der Waals surface area contributed by atoms with Gasteiger partial charge in [0.25, 0.3) is 0 Å². The Morgan fingerprint density at radius 1 is 1.55 bits per heavy atom. The van der Waals surface area contributed by atoms with Crippen molar-refractivity contribution < 1.29 is 14.3 Å². The van der Waals surface area contributed by atoms with Gasteiger partial charge in [0.1, 0.15) is 5.65 Å². The summed E-state index contributed by atoms with van der Waals surface area (Å²) in [5, 5.41) is 0. The highest BCUT2D eigenvalue weighted by molar-refractivity contribution is 5.90. The molecule has 1 atom stereocenters. The molecule has 0 radical (unpaired) electrons. The molecule has 0 bridgehead atoms. The number of nitrogens with zero attached hydrogens (tertiary/aromatic N) is 2. The Hall–Kier alpha value is -1.88. The summed E-state index contributed by atoms with van der Waals surface area (Å²) in [4.78, 5) is 16.1. The standard InChI is InChI=1S/C15H18N2O3/c1-19-15(18)11-5-6-17-10-12(16-14(17)8-11)9-13-4-2-3-7-20-13/h5-6,8,10,13H,2-4,7,9H2,1H3. The molecule has 1 unspecified atom stereocenters. The Kier molecular flexibility index (Phi) is 3.69. The number of hydrogen-bond donors (Lipinski definition) is 0. The first-order valence-corrected chi connectivity index (χ1v) is 6.94. The summed E-state index contributed by atoms with van der Waals surface area (Å²) in [6.07, 6.45) is 8.41. The number of pyridine rings is 1. The maximum absolute atomic E-state index is 11.5. The van der Waals surface area contributed by atoms with Crippen LogP contribution in [0.3, 0.4) is 0 Å². The van der Waals surface area contributed by atoms with Crippen LogP contribution in [0.5, 0.6) is 0 Å². The molecule has 20 heavy (non-hydrogen) atoms. The molecule has 2 aromatic heterocycles. The van der Waals surface area contributed by atoms with Gasteiger partial charge in [-0.15, -0.1) is 0 Å². The minimum Gasteiger partial charge on any atom is -0.465 e. The largest absolute Gasteiger partial charge is 0.465 e. The molecule has 2 aromatic rings. The highest BCUT2D eigenvalue weighted by Gasteiger charge is 2.16. The zero-order chi connectivity index (χ0) is 13.9. The zero-order valence-corrected chi connectivity index (χ0v) is 11.5. The Balaban J connectivity index is 1.81. The van der Waals surface area contributed by atoms with Gasteiger partial charge in [0.05, 0.1) is 24.5 Å². The summed E-state index contributed by atoms with van der Waals surface area (Å²) in [6.45, 7) is 0.852. The van der Waals surface area contributed by atoms with Crippen LogP contribution in [0.15, 0.2) is 24.5 Å². The van der Waals surface area contributed by atoms with Crippen molar-refractivity contribution in [2.24, 2.45) is 0 Å². The highest BCUT2D eigenvalue weighted by atomic mass is 16.5. The number of methoxy groups -OCH3 is 1. The van der Waals surface area contributed by atoms with Crippen LogP contribution in [0.4, 0.5) is 0 Å². The van der Waals surface area contributed by atoms with Crippen molar-refractivity contribution in [2.45, 2.75) is 31.8 Å². The van der Waals surface area contributed by atoms with Crippen LogP contribution in [0.2, 0.25) is 0 Å². The Morgan fingerprint density at radius 3 is 3.20 bits per heavy atom. The molecule has 1 aliphatic heterocycles. The molecule has 106 valence electrons. The lowest BCUT2D eigenvalue weighted by Gasteiger charge is -2.21. The second-order valence-corrected chi connectivity index (χ2v) is 5.10. The van der Waals surface area contributed by atoms with Crippen molar-refractivity contribution >= 4 is 11.6 Å². The quantitative estimate of drug-likeness (QED) is 0.805. The van der Waals surface area contributed by atoms with Crippen molar-refractivity contribution in [3.63, 3.8) is 0 Å². The maximum atomic E-state index is 11.5. The lowest BCUT2D eigenvalue weighted by molar-refractivity contribution is 0.0163. The topological polar surface area (TPSA) is 52.8 Å². The Morgan fingerprint density at radius 2 is 2.45 bits per heavy atom. The van der Waals surface area contributed by atoms with E-state index in [1.807, 2.05) is 16.8 Å². The number of esters is 1. The summed E-state index contributed by atoms with van der Waals surface area (Å²) in [7, 11) is 1.38. The van der Waals surface area contributed by atoms with Gasteiger partial charge in [0.15, 0.2) is 0 Å². The van der Waals surface area contributed by atoms with Crippen molar-refractivity contribution in [2.75, 3.05) is 13.7 Å². The van der Waals surface area contributed by atoms with E-state index in [0.717, 1.165) is 37.2 Å². The molecule has 0 spiro atoms. The predicted octanol–water partition coefficient (Wildman–Crippen LogP) is 2.23. The Labute approximate surface area is 117 Å². The molecule has 1 saturated heterocycles. The van der Waals surface area contributed by atoms with Crippen molar-refractivity contribution in [1.82, 2.24) is 9.38 Å². The molecule has 3 heterocycles. The highest BCUT2D eigenvalue weighted by Crippen LogP contribution is 2.18. The molecule has 0 N–H and O–H groups in total. The van der Waals surface area contributed by atoms with Gasteiger partial charge < -0.3 is 13.9 Å². The number of carbonyl (C=O) groups excluding carboxylic acids is 1. The summed E-state index contributed by atoms with van der Waals surface area (Å²) < 4.78 is 12.4. The van der Waals surface area contributed by atoms with Gasteiger partial charge in [0.2, 0.25) is 0 Å². The lowest BCUT2D eigenvalue weighted by Crippen LogP contribution is -2.21. The van der Waals surface area contributed by atoms with E-state index in [2.05, 4.69) is 4.98 Å². The third-order valence-electron chi connectivity index (χ3n) is 3.64. The molecule has 0 aliphatic carbocycles. The van der Waals surface area contributed by atoms with Crippen LogP contribution in [0.25, 0.3) is 5.65 Å². The zero-order valence-electron chi connectivity index (χ0n) is 11.5. The molecule has 0 aromatic carbocycles. The minimum atomic E-state index is -0.340. The van der Waals surface area contributed by atoms with E-state index < -0.39 is 0 Å². The van der Waals surface area contributed by atoms with Crippen molar-refractivity contribution in [3.8, 4) is 0 Å². The van der Waals surface area contributed by atoms with Gasteiger partial charge >= 0.3 is 5.97 Å². The van der Waals surface area contributed by atoms with E-state index in [1.165, 1.54) is 13.5 Å². The molecular weight excluding hydrogens is 256 g/mol. The second kappa shape index (κ2) is 5.63. The van der Waals surface area contributed by atoms with E-state index in [0.29, 0.717) is 5.56 Å². The fourth-order valence-electron chi connectivity index (χ4n) is 2.58. The van der Waals surface area contributed by atoms with Crippen LogP contribution < -0.4 is 0 Å². The van der Waals surface area contributed by atoms with Crippen molar-refractivity contribution in [3.05, 3.63) is 35.8 Å². The predicted molar refractivity (Wildman–Crippen MR) is 73.8 cm³/mol. The molecular formula is C15H18N2O3. The van der Waals surface area contributed by atoms with E-state index >= 15 is 0 Å². The monoisotopic (exact) mass is 274 g/mol. The maximum Gasteiger partial charge on any atom is 0.338 e. The Bertz CT molecular complexity index is 615. The van der Waals surface area contributed by atoms with Crippen LogP contribution in [0.1, 0.15) is 35.3 Å². The smallest absolute Gasteiger partial charge is 0.338 e. The summed E-state index contributed by atoms with van der Waals surface area (Å²) >= 11 is 0. The molecule has 1 aliphatic rings. The van der Waals surface area contributed by atoms with Gasteiger partial charge in [-0.2, -0.15) is 0 Å². The third kappa shape index (κ3) is 2.67. The van der Waals surface area contributed by atoms with E-state index in [9.17, 15) is 4.79 Å². The SMILES string of the molecule is COC(=O)c1ccn2cc(CC3CCCCO3)nc2c1. The average Bonchev–Trinajstić information content (AvgIpc) is 2.88. The normalized spacial score (nSPS) is 19.1. The molecule has 5 nitrogen and oxygen atoms in total. The molecule has 3 rings (SSSR count). The summed E-state index contributed by atoms with van der Waals surface area (Å²) in [6, 6.07) is 3.48. The number of imidazole rings is 1. The first kappa shape index (κ1) is 13.1. The fraction of sp³-hybridized carbons (Fsp3) is 0.467. The second-order valence-electron chi connectivity index (χ2n) is 5.10. The first-order valence-electron chi connectivity index (χ1n) is 6.94. The van der Waals surface area contributed by atoms with Gasteiger partial charge in [-0.25, -0.2) is 9.78 Å². The number of hydrogen-bond acceptors (Lipinski definition) is 4. The third-order valence-corrected chi connectivity index (χ3v) is 3.64. The molecule has 5 heteroatoms. The summed E-state index contributed by atoms with van der Waals surface area (Å²) in [5.41, 5.74) is 2.28. The minimum absolute atomic E-state index is 0.272. The van der Waals surface area contributed by atoms with Crippen LogP contribution in [-0.2, 0) is 15.9 Å². The molecule has 1 fully saturated rings. The van der Waals surface area contributed by atoms with Crippen molar-refractivity contribution in [1.29, 1.82) is 0 Å². The van der Waals surface area contributed by atoms with Gasteiger partial charge in [-0.05, 0) is 31.4 Å². The van der Waals surface area contributed by atoms with E-state index in [4.69, 9.17) is 9.47 Å². The average molecular weight is 274 g/mol. The number of carbonyl (C=O) groups is 1. The fourth-order valence-corrected chi connectivity index (χ4v) is 2.58. The van der Waals surface area contributed by atoms with Crippen LogP contribution >= 0.6 is 0 Å². The number of fused-ring (bicyclic) bond motifs is 1. The van der Waals surface area contributed by atoms with E-state index in [1.54, 1.807) is 12.1 Å². The number of aromatic nitrogens is 2. The van der Waals surface area contributed by atoms with Crippen LogP contribution in [-0.4, -0.2) is 35.2 Å². The van der Waals surface area contributed by atoms with E-state index in [-0.39, 0.29) is 12.1 Å². The number of rotatable bonds is 3. The molecule has 0 amide bonds. The lowest BCUT2D eigenvalue weighted by atomic mass is 10.1. The van der Waals surface area contributed by atoms with Gasteiger partial charge in [-0.3, -0.25) is 0 Å².